The number of carbonyl (C=O) groups is 3. The maximum atomic E-state index is 16.2. The summed E-state index contributed by atoms with van der Waals surface area (Å²) in [5.41, 5.74) is 1.86. The summed E-state index contributed by atoms with van der Waals surface area (Å²) in [6, 6.07) is 35.1. The Morgan fingerprint density at radius 2 is 1.06 bits per heavy atom. The quantitative estimate of drug-likeness (QED) is 0.179. The minimum absolute atomic E-state index is 0.0648. The van der Waals surface area contributed by atoms with Gasteiger partial charge in [-0.15, -0.1) is 0 Å². The number of imide groups is 1. The third-order valence-electron chi connectivity index (χ3n) is 11.2. The van der Waals surface area contributed by atoms with Crippen LogP contribution in [0.5, 0.6) is 23.0 Å². The highest BCUT2D eigenvalue weighted by molar-refractivity contribution is 6.39. The molecule has 250 valence electrons. The zero-order chi connectivity index (χ0) is 34.6. The van der Waals surface area contributed by atoms with Crippen LogP contribution in [-0.2, 0) is 25.2 Å². The van der Waals surface area contributed by atoms with E-state index in [0.29, 0.717) is 67.1 Å². The number of anilines is 1. The topological polar surface area (TPSA) is 91.4 Å². The molecule has 3 heterocycles. The first-order valence-electron chi connectivity index (χ1n) is 16.7. The molecular weight excluding hydrogens is 666 g/mol. The Labute approximate surface area is 297 Å². The smallest absolute Gasteiger partial charge is 0.239 e. The van der Waals surface area contributed by atoms with Crippen LogP contribution in [0.4, 0.5) is 5.69 Å². The first-order valence-corrected chi connectivity index (χ1v) is 17.1. The monoisotopic (exact) mass is 693 g/mol. The largest absolute Gasteiger partial charge is 0.454 e. The number of allylic oxidation sites excluding steroid dienone is 2. The molecule has 3 aliphatic heterocycles. The van der Waals surface area contributed by atoms with Gasteiger partial charge in [0.25, 0.3) is 0 Å². The summed E-state index contributed by atoms with van der Waals surface area (Å²) < 4.78 is 23.1. The Kier molecular flexibility index (Phi) is 6.22. The summed E-state index contributed by atoms with van der Waals surface area (Å²) in [5.74, 6) is -1.10. The fourth-order valence-electron chi connectivity index (χ4n) is 9.20. The average Bonchev–Trinajstić information content (AvgIpc) is 3.96. The lowest BCUT2D eigenvalue weighted by Gasteiger charge is -2.39. The van der Waals surface area contributed by atoms with Gasteiger partial charge >= 0.3 is 0 Å². The molecule has 51 heavy (non-hydrogen) atoms. The molecule has 8 nitrogen and oxygen atoms in total. The van der Waals surface area contributed by atoms with E-state index in [0.717, 1.165) is 5.56 Å². The summed E-state index contributed by atoms with van der Waals surface area (Å²) in [6.45, 7) is 1.99. The lowest BCUT2D eigenvalue weighted by atomic mass is 9.59. The Bertz CT molecular complexity index is 2250. The van der Waals surface area contributed by atoms with E-state index >= 15 is 14.4 Å². The van der Waals surface area contributed by atoms with Crippen LogP contribution >= 0.6 is 11.6 Å². The summed E-state index contributed by atoms with van der Waals surface area (Å²) in [7, 11) is 0. The molecule has 5 aromatic carbocycles. The minimum atomic E-state index is -1.59. The molecule has 1 saturated carbocycles. The number of carbonyl (C=O) groups excluding carboxylic acids is 3. The van der Waals surface area contributed by atoms with Gasteiger partial charge in [0.1, 0.15) is 0 Å². The molecule has 2 bridgehead atoms. The second kappa shape index (κ2) is 10.6. The number of hydrogen-bond donors (Lipinski definition) is 0. The highest BCUT2D eigenvalue weighted by atomic mass is 35.5. The average molecular weight is 694 g/mol. The van der Waals surface area contributed by atoms with Gasteiger partial charge in [-0.2, -0.15) is 0 Å². The molecule has 0 unspecified atom stereocenters. The lowest BCUT2D eigenvalue weighted by molar-refractivity contribution is -0.130. The van der Waals surface area contributed by atoms with Crippen LogP contribution in [-0.4, -0.2) is 31.2 Å². The molecule has 0 radical (unpaired) electrons. The van der Waals surface area contributed by atoms with Crippen molar-refractivity contribution in [2.75, 3.05) is 18.5 Å². The Balaban J connectivity index is 1.36. The Morgan fingerprint density at radius 3 is 1.53 bits per heavy atom. The van der Waals surface area contributed by atoms with E-state index < -0.39 is 34.5 Å². The third kappa shape index (κ3) is 3.72. The zero-order valence-corrected chi connectivity index (χ0v) is 28.0. The summed E-state index contributed by atoms with van der Waals surface area (Å²) in [5, 5.41) is 0.431. The number of Topliss-reactive ketones (excluding diaryl/α,β-unsaturated/α-hetero) is 1. The van der Waals surface area contributed by atoms with E-state index in [2.05, 4.69) is 0 Å². The number of nitrogens with zero attached hydrogens (tertiary/aromatic N) is 1. The van der Waals surface area contributed by atoms with Gasteiger partial charge in [-0.05, 0) is 82.3 Å². The summed E-state index contributed by atoms with van der Waals surface area (Å²) in [4.78, 5) is 47.9. The van der Waals surface area contributed by atoms with Crippen molar-refractivity contribution in [3.63, 3.8) is 0 Å². The predicted octanol–water partition coefficient (Wildman–Crippen LogP) is 7.29. The standard InChI is InChI=1S/C42H28ClNO7/c1-23-12-15-28(20-29(23)43)44-38(45)36-37(39(44)46)42(27-10-6-3-7-11-27)35(25-14-17-31-33(19-25)51-22-49-31)34(24-13-16-30-32(18-24)50-21-48-30)41(36,40(42)47)26-8-4-2-5-9-26/h2-20,36-37H,21-22H2,1H3/t36-,37+,41-,42-/m0/s1. The van der Waals surface area contributed by atoms with Gasteiger partial charge < -0.3 is 18.9 Å². The van der Waals surface area contributed by atoms with Gasteiger partial charge in [-0.25, -0.2) is 4.90 Å². The number of ketones is 1. The van der Waals surface area contributed by atoms with Crippen LogP contribution in [0.15, 0.2) is 115 Å². The maximum absolute atomic E-state index is 16.2. The van der Waals surface area contributed by atoms with Crippen molar-refractivity contribution in [2.45, 2.75) is 17.8 Å². The number of hydrogen-bond acceptors (Lipinski definition) is 7. The molecule has 1 saturated heterocycles. The molecule has 0 aromatic heterocycles. The summed E-state index contributed by atoms with van der Waals surface area (Å²) >= 11 is 6.59. The molecule has 10 rings (SSSR count). The maximum Gasteiger partial charge on any atom is 0.239 e. The van der Waals surface area contributed by atoms with Crippen LogP contribution in [0.1, 0.15) is 27.8 Å². The first kappa shape index (κ1) is 30.0. The molecule has 2 fully saturated rings. The van der Waals surface area contributed by atoms with Gasteiger partial charge in [0.05, 0.1) is 28.4 Å². The van der Waals surface area contributed by atoms with Gasteiger partial charge in [0.15, 0.2) is 28.8 Å². The van der Waals surface area contributed by atoms with Crippen molar-refractivity contribution in [3.05, 3.63) is 148 Å². The van der Waals surface area contributed by atoms with Crippen LogP contribution in [0.25, 0.3) is 11.1 Å². The van der Waals surface area contributed by atoms with E-state index in [9.17, 15) is 0 Å². The Morgan fingerprint density at radius 1 is 0.588 bits per heavy atom. The van der Waals surface area contributed by atoms with E-state index in [4.69, 9.17) is 30.5 Å². The first-order chi connectivity index (χ1) is 24.9. The van der Waals surface area contributed by atoms with E-state index in [-0.39, 0.29) is 19.4 Å². The number of halogens is 1. The zero-order valence-electron chi connectivity index (χ0n) is 27.2. The van der Waals surface area contributed by atoms with E-state index in [1.807, 2.05) is 104 Å². The molecule has 0 spiro atoms. The van der Waals surface area contributed by atoms with Gasteiger partial charge in [0, 0.05) is 5.02 Å². The molecule has 2 aliphatic carbocycles. The molecule has 5 aliphatic rings. The third-order valence-corrected chi connectivity index (χ3v) is 11.6. The van der Waals surface area contributed by atoms with E-state index in [1.165, 1.54) is 4.90 Å². The van der Waals surface area contributed by atoms with Crippen molar-refractivity contribution in [3.8, 4) is 23.0 Å². The fraction of sp³-hybridized carbons (Fsp3) is 0.167. The van der Waals surface area contributed by atoms with Crippen LogP contribution < -0.4 is 23.8 Å². The van der Waals surface area contributed by atoms with Crippen molar-refractivity contribution in [1.82, 2.24) is 0 Å². The van der Waals surface area contributed by atoms with Crippen LogP contribution in [0.2, 0.25) is 5.02 Å². The number of fused-ring (bicyclic) bond motifs is 7. The summed E-state index contributed by atoms with van der Waals surface area (Å²) in [6.07, 6.45) is 0. The predicted molar refractivity (Wildman–Crippen MR) is 189 cm³/mol. The van der Waals surface area contributed by atoms with Crippen LogP contribution in [0, 0.1) is 18.8 Å². The number of amides is 2. The molecule has 4 atom stereocenters. The molecule has 5 aromatic rings. The normalized spacial score (nSPS) is 25.3. The minimum Gasteiger partial charge on any atom is -0.454 e. The van der Waals surface area contributed by atoms with E-state index in [1.54, 1.807) is 18.2 Å². The lowest BCUT2D eigenvalue weighted by Crippen LogP contribution is -2.45. The number of rotatable bonds is 5. The highest BCUT2D eigenvalue weighted by Crippen LogP contribution is 2.74. The number of aryl methyl sites for hydroxylation is 1. The van der Waals surface area contributed by atoms with Crippen molar-refractivity contribution in [2.24, 2.45) is 11.8 Å². The molecular formula is C42H28ClNO7. The number of benzene rings is 5. The SMILES string of the molecule is Cc1ccc(N2C(=O)[C@@H]3[C@H](C2=O)[C@@]2(c4ccccc4)C(=O)[C@@]3(c3ccccc3)C(c3ccc4c(c3)OCO4)=C2c2ccc3c(c2)OCO3)cc1Cl. The fourth-order valence-corrected chi connectivity index (χ4v) is 9.38. The molecule has 0 N–H and O–H groups in total. The Hall–Kier alpha value is -5.86. The van der Waals surface area contributed by atoms with Crippen molar-refractivity contribution < 1.29 is 33.3 Å². The molecule has 9 heteroatoms. The van der Waals surface area contributed by atoms with Crippen molar-refractivity contribution >= 4 is 46.0 Å². The second-order valence-electron chi connectivity index (χ2n) is 13.5. The highest BCUT2D eigenvalue weighted by Gasteiger charge is 2.82. The number of ether oxygens (including phenoxy) is 4. The van der Waals surface area contributed by atoms with Gasteiger partial charge in [0.2, 0.25) is 25.4 Å². The molecule has 2 amide bonds. The van der Waals surface area contributed by atoms with Crippen molar-refractivity contribution in [1.29, 1.82) is 0 Å². The second-order valence-corrected chi connectivity index (χ2v) is 13.9. The van der Waals surface area contributed by atoms with Gasteiger partial charge in [-0.3, -0.25) is 14.4 Å². The van der Waals surface area contributed by atoms with Crippen LogP contribution in [0.3, 0.4) is 0 Å². The van der Waals surface area contributed by atoms with Gasteiger partial charge in [-0.1, -0.05) is 90.5 Å².